The monoisotopic (exact) mass is 724 g/mol. The molecule has 0 aliphatic carbocycles. The highest BCUT2D eigenvalue weighted by atomic mass is 16.4. The van der Waals surface area contributed by atoms with Crippen molar-refractivity contribution in [2.45, 2.75) is 95.5 Å². The fourth-order valence-corrected chi connectivity index (χ4v) is 4.47. The summed E-state index contributed by atoms with van der Waals surface area (Å²) in [5.74, 6) is -11.4. The molecule has 5 amide bonds. The van der Waals surface area contributed by atoms with Gasteiger partial charge in [0.15, 0.2) is 0 Å². The largest absolute Gasteiger partial charge is 0.508 e. The second kappa shape index (κ2) is 20.7. The zero-order valence-electron chi connectivity index (χ0n) is 28.1. The van der Waals surface area contributed by atoms with E-state index in [1.54, 1.807) is 13.8 Å². The number of benzene rings is 1. The van der Waals surface area contributed by atoms with Gasteiger partial charge in [-0.1, -0.05) is 26.0 Å². The molecule has 1 aromatic rings. The Labute approximate surface area is 291 Å². The van der Waals surface area contributed by atoms with Gasteiger partial charge in [0.25, 0.3) is 0 Å². The van der Waals surface area contributed by atoms with Gasteiger partial charge in [-0.05, 0) is 43.4 Å². The lowest BCUT2D eigenvalue weighted by Gasteiger charge is -2.26. The minimum atomic E-state index is -1.88. The molecule has 282 valence electrons. The standard InChI is InChI=1S/C31H44N6O14/c1-14(2)10-22(31(50)51)37-29(48)20(11-16-4-6-17(38)7-5-16)36-28(47)19(8-9-23(39)40)34-30(49)21(13-25(43)44)35-26(45)15(3)33-27(46)18(32)12-24(41)42/h4-7,14-15,18-22,38H,8-13,32H2,1-3H3,(H,33,46)(H,34,49)(H,35,45)(H,36,47)(H,37,48)(H,39,40)(H,41,42)(H,43,44)(H,50,51)/t15-,18-,19-,20-,21-,22-/m0/s1. The van der Waals surface area contributed by atoms with E-state index in [2.05, 4.69) is 26.6 Å². The quantitative estimate of drug-likeness (QED) is 0.0596. The maximum atomic E-state index is 13.5. The first-order valence-electron chi connectivity index (χ1n) is 15.6. The molecule has 0 heterocycles. The van der Waals surface area contributed by atoms with E-state index < -0.39 is 115 Å². The first-order chi connectivity index (χ1) is 23.7. The van der Waals surface area contributed by atoms with E-state index in [4.69, 9.17) is 10.8 Å². The number of rotatable bonds is 22. The molecule has 0 bridgehead atoms. The van der Waals surface area contributed by atoms with Crippen molar-refractivity contribution < 1.29 is 68.7 Å². The number of amides is 5. The van der Waals surface area contributed by atoms with Crippen molar-refractivity contribution in [2.75, 3.05) is 0 Å². The highest BCUT2D eigenvalue weighted by molar-refractivity contribution is 5.97. The number of carbonyl (C=O) groups excluding carboxylic acids is 5. The van der Waals surface area contributed by atoms with Crippen LogP contribution in [0.25, 0.3) is 0 Å². The average molecular weight is 725 g/mol. The highest BCUT2D eigenvalue weighted by Gasteiger charge is 2.33. The molecule has 0 aliphatic rings. The summed E-state index contributed by atoms with van der Waals surface area (Å²) in [6.45, 7) is 4.58. The third-order valence-electron chi connectivity index (χ3n) is 7.11. The first kappa shape index (κ1) is 43.2. The Morgan fingerprint density at radius 1 is 0.608 bits per heavy atom. The average Bonchev–Trinajstić information content (AvgIpc) is 3.01. The number of hydrogen-bond acceptors (Lipinski definition) is 11. The lowest BCUT2D eigenvalue weighted by atomic mass is 10.0. The van der Waals surface area contributed by atoms with Crippen LogP contribution < -0.4 is 32.3 Å². The van der Waals surface area contributed by atoms with Gasteiger partial charge in [-0.15, -0.1) is 0 Å². The Morgan fingerprint density at radius 2 is 1.10 bits per heavy atom. The molecule has 0 unspecified atom stereocenters. The second-order valence-corrected chi connectivity index (χ2v) is 12.0. The molecule has 51 heavy (non-hydrogen) atoms. The summed E-state index contributed by atoms with van der Waals surface area (Å²) in [4.78, 5) is 111. The number of nitrogens with two attached hydrogens (primary N) is 1. The summed E-state index contributed by atoms with van der Waals surface area (Å²) in [6.07, 6.45) is -3.29. The fraction of sp³-hybridized carbons (Fsp3) is 0.516. The van der Waals surface area contributed by atoms with Crippen LogP contribution in [-0.4, -0.2) is 115 Å². The minimum Gasteiger partial charge on any atom is -0.508 e. The Hall–Kier alpha value is -5.79. The van der Waals surface area contributed by atoms with Gasteiger partial charge in [0.1, 0.15) is 36.0 Å². The maximum Gasteiger partial charge on any atom is 0.326 e. The summed E-state index contributed by atoms with van der Waals surface area (Å²) in [7, 11) is 0. The molecule has 1 aromatic carbocycles. The van der Waals surface area contributed by atoms with Crippen LogP contribution in [0.4, 0.5) is 0 Å². The minimum absolute atomic E-state index is 0.0341. The maximum absolute atomic E-state index is 13.5. The van der Waals surface area contributed by atoms with Crippen molar-refractivity contribution in [3.8, 4) is 5.75 Å². The molecule has 20 heteroatoms. The van der Waals surface area contributed by atoms with Gasteiger partial charge in [-0.3, -0.25) is 38.4 Å². The number of carboxylic acids is 4. The van der Waals surface area contributed by atoms with Gasteiger partial charge < -0.3 is 57.9 Å². The Morgan fingerprint density at radius 3 is 1.61 bits per heavy atom. The smallest absolute Gasteiger partial charge is 0.326 e. The molecule has 20 nitrogen and oxygen atoms in total. The highest BCUT2D eigenvalue weighted by Crippen LogP contribution is 2.13. The lowest BCUT2D eigenvalue weighted by molar-refractivity contribution is -0.142. The number of phenols is 1. The predicted octanol–water partition coefficient (Wildman–Crippen LogP) is -2.35. The molecular formula is C31H44N6O14. The zero-order valence-corrected chi connectivity index (χ0v) is 28.1. The summed E-state index contributed by atoms with van der Waals surface area (Å²) >= 11 is 0. The third-order valence-corrected chi connectivity index (χ3v) is 7.11. The molecule has 0 aromatic heterocycles. The Bertz CT molecular complexity index is 1450. The summed E-state index contributed by atoms with van der Waals surface area (Å²) in [5.41, 5.74) is 5.87. The van der Waals surface area contributed by atoms with Crippen LogP contribution in [0.1, 0.15) is 58.4 Å². The van der Waals surface area contributed by atoms with Crippen LogP contribution in [0, 0.1) is 5.92 Å². The Balaban J connectivity index is 3.30. The third kappa shape index (κ3) is 16.4. The van der Waals surface area contributed by atoms with Crippen molar-refractivity contribution in [3.63, 3.8) is 0 Å². The number of aromatic hydroxyl groups is 1. The predicted molar refractivity (Wildman–Crippen MR) is 174 cm³/mol. The van der Waals surface area contributed by atoms with Crippen LogP contribution >= 0.6 is 0 Å². The van der Waals surface area contributed by atoms with Crippen molar-refractivity contribution in [3.05, 3.63) is 29.8 Å². The van der Waals surface area contributed by atoms with Crippen molar-refractivity contribution in [1.82, 2.24) is 26.6 Å². The first-order valence-corrected chi connectivity index (χ1v) is 15.6. The number of hydrogen-bond donors (Lipinski definition) is 11. The van der Waals surface area contributed by atoms with E-state index in [9.17, 15) is 63.6 Å². The van der Waals surface area contributed by atoms with Gasteiger partial charge >= 0.3 is 23.9 Å². The van der Waals surface area contributed by atoms with Crippen molar-refractivity contribution in [2.24, 2.45) is 11.7 Å². The van der Waals surface area contributed by atoms with Gasteiger partial charge in [-0.25, -0.2) is 4.79 Å². The molecule has 0 aliphatic heterocycles. The molecular weight excluding hydrogens is 680 g/mol. The van der Waals surface area contributed by atoms with Gasteiger partial charge in [0.05, 0.1) is 18.9 Å². The van der Waals surface area contributed by atoms with Crippen LogP contribution in [0.5, 0.6) is 5.75 Å². The number of aliphatic carboxylic acids is 4. The molecule has 0 spiro atoms. The molecule has 0 saturated carbocycles. The van der Waals surface area contributed by atoms with Gasteiger partial charge in [-0.2, -0.15) is 0 Å². The fourth-order valence-electron chi connectivity index (χ4n) is 4.47. The summed E-state index contributed by atoms with van der Waals surface area (Å²) in [6, 6.07) is -3.98. The van der Waals surface area contributed by atoms with E-state index in [0.717, 1.165) is 6.92 Å². The van der Waals surface area contributed by atoms with E-state index in [-0.39, 0.29) is 24.5 Å². The number of carboxylic acid groups (broad SMARTS) is 4. The van der Waals surface area contributed by atoms with Crippen LogP contribution in [0.15, 0.2) is 24.3 Å². The van der Waals surface area contributed by atoms with Gasteiger partial charge in [0, 0.05) is 12.8 Å². The van der Waals surface area contributed by atoms with Crippen LogP contribution in [-0.2, 0) is 49.6 Å². The molecule has 0 saturated heterocycles. The topological polar surface area (TPSA) is 341 Å². The zero-order chi connectivity index (χ0) is 39.0. The molecule has 12 N–H and O–H groups in total. The Kier molecular flexibility index (Phi) is 17.5. The normalized spacial score (nSPS) is 14.4. The number of phenolic OH excluding ortho intramolecular Hbond substituents is 1. The molecule has 0 radical (unpaired) electrons. The van der Waals surface area contributed by atoms with Crippen molar-refractivity contribution >= 4 is 53.4 Å². The van der Waals surface area contributed by atoms with E-state index >= 15 is 0 Å². The molecule has 1 rings (SSSR count). The summed E-state index contributed by atoms with van der Waals surface area (Å²) in [5, 5.41) is 57.8. The van der Waals surface area contributed by atoms with E-state index in [1.807, 2.05) is 0 Å². The summed E-state index contributed by atoms with van der Waals surface area (Å²) < 4.78 is 0. The number of carbonyl (C=O) groups is 9. The molecule has 0 fully saturated rings. The van der Waals surface area contributed by atoms with Gasteiger partial charge in [0.2, 0.25) is 29.5 Å². The number of nitrogens with one attached hydrogen (secondary N) is 5. The molecule has 6 atom stereocenters. The SMILES string of the molecule is CC(C)C[C@H](NC(=O)[C@H](Cc1ccc(O)cc1)NC(=O)[C@H](CCC(=O)O)NC(=O)[C@H](CC(=O)O)NC(=O)[C@H](C)NC(=O)[C@@H](N)CC(=O)O)C(=O)O. The van der Waals surface area contributed by atoms with Crippen LogP contribution in [0.3, 0.4) is 0 Å². The lowest BCUT2D eigenvalue weighted by Crippen LogP contribution is -2.59. The van der Waals surface area contributed by atoms with Crippen LogP contribution in [0.2, 0.25) is 0 Å². The van der Waals surface area contributed by atoms with E-state index in [1.165, 1.54) is 24.3 Å². The van der Waals surface area contributed by atoms with E-state index in [0.29, 0.717) is 5.56 Å². The second-order valence-electron chi connectivity index (χ2n) is 12.0. The van der Waals surface area contributed by atoms with Crippen molar-refractivity contribution in [1.29, 1.82) is 0 Å².